The summed E-state index contributed by atoms with van der Waals surface area (Å²) in [4.78, 5) is 25.2. The van der Waals surface area contributed by atoms with Crippen LogP contribution in [0.5, 0.6) is 0 Å². The molecule has 7 nitrogen and oxygen atoms in total. The van der Waals surface area contributed by atoms with E-state index < -0.39 is 19.5 Å². The largest absolute Gasteiger partial charge is 0.465 e. The molecule has 156 valence electrons. The van der Waals surface area contributed by atoms with Crippen molar-refractivity contribution in [2.24, 2.45) is 5.41 Å². The van der Waals surface area contributed by atoms with Gasteiger partial charge in [0.1, 0.15) is 0 Å². The van der Waals surface area contributed by atoms with Crippen LogP contribution in [0.3, 0.4) is 0 Å². The zero-order chi connectivity index (χ0) is 21.6. The van der Waals surface area contributed by atoms with Gasteiger partial charge in [0.25, 0.3) is 0 Å². The van der Waals surface area contributed by atoms with Gasteiger partial charge in [-0.1, -0.05) is 35.8 Å². The topological polar surface area (TPSA) is 88.1 Å². The lowest BCUT2D eigenvalue weighted by atomic mass is 9.94. The summed E-state index contributed by atoms with van der Waals surface area (Å²) >= 11 is 3.38. The molecule has 9 heteroatoms. The van der Waals surface area contributed by atoms with Gasteiger partial charge in [0.2, 0.25) is 0 Å². The van der Waals surface area contributed by atoms with Gasteiger partial charge in [-0.25, -0.2) is 9.59 Å². The first kappa shape index (κ1) is 22.0. The van der Waals surface area contributed by atoms with E-state index in [0.717, 1.165) is 0 Å². The first-order valence-electron chi connectivity index (χ1n) is 8.87. The molecule has 0 amide bonds. The molecule has 0 spiro atoms. The Balaban J connectivity index is 2.43. The molecule has 2 aromatic rings. The minimum absolute atomic E-state index is 0.0211. The molecule has 1 heterocycles. The summed E-state index contributed by atoms with van der Waals surface area (Å²) < 4.78 is 35.7. The maximum Gasteiger partial charge on any atom is 0.362 e. The third-order valence-electron chi connectivity index (χ3n) is 4.79. The van der Waals surface area contributed by atoms with E-state index >= 15 is 0 Å². The van der Waals surface area contributed by atoms with E-state index in [9.17, 15) is 14.2 Å². The van der Waals surface area contributed by atoms with Gasteiger partial charge >= 0.3 is 19.5 Å². The Hall–Kier alpha value is -1.73. The molecule has 1 aliphatic rings. The first-order chi connectivity index (χ1) is 13.5. The van der Waals surface area contributed by atoms with Crippen LogP contribution in [0.25, 0.3) is 10.8 Å². The smallest absolute Gasteiger partial charge is 0.362 e. The van der Waals surface area contributed by atoms with E-state index in [1.807, 2.05) is 13.8 Å². The Morgan fingerprint density at radius 2 is 1.59 bits per heavy atom. The van der Waals surface area contributed by atoms with Crippen molar-refractivity contribution >= 4 is 51.5 Å². The molecular formula is C20H22BrO7P. The molecule has 0 aromatic heterocycles. The maximum atomic E-state index is 13.7. The number of rotatable bonds is 3. The highest BCUT2D eigenvalue weighted by molar-refractivity contribution is 9.10. The molecule has 1 saturated heterocycles. The Morgan fingerprint density at radius 1 is 1.03 bits per heavy atom. The number of esters is 2. The van der Waals surface area contributed by atoms with Gasteiger partial charge in [0, 0.05) is 9.89 Å². The normalized spacial score (nSPS) is 17.7. The van der Waals surface area contributed by atoms with E-state index in [1.165, 1.54) is 14.2 Å². The highest BCUT2D eigenvalue weighted by Gasteiger charge is 2.42. The fourth-order valence-electron chi connectivity index (χ4n) is 3.32. The van der Waals surface area contributed by atoms with E-state index in [4.69, 9.17) is 18.5 Å². The molecule has 3 rings (SSSR count). The van der Waals surface area contributed by atoms with Gasteiger partial charge in [-0.05, 0) is 35.4 Å². The number of hydrogen-bond acceptors (Lipinski definition) is 7. The summed E-state index contributed by atoms with van der Waals surface area (Å²) in [6.07, 6.45) is 0. The molecule has 1 aliphatic heterocycles. The lowest BCUT2D eigenvalue weighted by Gasteiger charge is -2.35. The monoisotopic (exact) mass is 484 g/mol. The van der Waals surface area contributed by atoms with Crippen molar-refractivity contribution in [3.8, 4) is 0 Å². The van der Waals surface area contributed by atoms with Gasteiger partial charge in [0.05, 0.1) is 43.9 Å². The second kappa shape index (κ2) is 7.84. The number of carbonyl (C=O) groups is 2. The van der Waals surface area contributed by atoms with Gasteiger partial charge in [-0.3, -0.25) is 4.57 Å². The number of benzene rings is 2. The standard InChI is InChI=1S/C20H22BrO7P/c1-11-15(18(22)25-4)16(19(23)26-5)14-8-12(21)6-7-13(14)17(11)29(24)27-9-20(2,3)10-28-29/h6-8H,9-10H2,1-5H3. The number of carbonyl (C=O) groups excluding carboxylic acids is 2. The molecule has 29 heavy (non-hydrogen) atoms. The predicted octanol–water partition coefficient (Wildman–Crippen LogP) is 4.38. The minimum atomic E-state index is -3.75. The van der Waals surface area contributed by atoms with Crippen molar-refractivity contribution in [2.45, 2.75) is 20.8 Å². The van der Waals surface area contributed by atoms with Gasteiger partial charge in [-0.15, -0.1) is 0 Å². The van der Waals surface area contributed by atoms with Crippen LogP contribution in [0, 0.1) is 12.3 Å². The number of methoxy groups -OCH3 is 2. The SMILES string of the molecule is COC(=O)c1c(C)c(P2(=O)OCC(C)(C)CO2)c2ccc(Br)cc2c1C(=O)OC. The number of hydrogen-bond donors (Lipinski definition) is 0. The second-order valence-electron chi connectivity index (χ2n) is 7.61. The maximum absolute atomic E-state index is 13.7. The van der Waals surface area contributed by atoms with Crippen LogP contribution in [-0.2, 0) is 23.1 Å². The fraction of sp³-hybridized carbons (Fsp3) is 0.400. The summed E-state index contributed by atoms with van der Waals surface area (Å²) in [5.41, 5.74) is 0.0285. The summed E-state index contributed by atoms with van der Waals surface area (Å²) in [7, 11) is -1.31. The van der Waals surface area contributed by atoms with Crippen LogP contribution in [0.15, 0.2) is 22.7 Å². The third-order valence-corrected chi connectivity index (χ3v) is 7.34. The van der Waals surface area contributed by atoms with Crippen molar-refractivity contribution in [3.63, 3.8) is 0 Å². The van der Waals surface area contributed by atoms with E-state index in [-0.39, 0.29) is 35.1 Å². The molecule has 0 unspecified atom stereocenters. The highest BCUT2D eigenvalue weighted by atomic mass is 79.9. The van der Waals surface area contributed by atoms with Crippen molar-refractivity contribution < 1.29 is 32.7 Å². The quantitative estimate of drug-likeness (QED) is 0.471. The van der Waals surface area contributed by atoms with Crippen molar-refractivity contribution in [1.82, 2.24) is 0 Å². The Morgan fingerprint density at radius 3 is 2.14 bits per heavy atom. The van der Waals surface area contributed by atoms with Crippen molar-refractivity contribution in [2.75, 3.05) is 27.4 Å². The predicted molar refractivity (Wildman–Crippen MR) is 112 cm³/mol. The third kappa shape index (κ3) is 3.87. The van der Waals surface area contributed by atoms with Crippen molar-refractivity contribution in [3.05, 3.63) is 39.4 Å². The summed E-state index contributed by atoms with van der Waals surface area (Å²) in [6, 6.07) is 5.13. The number of halogens is 1. The average Bonchev–Trinajstić information content (AvgIpc) is 2.68. The van der Waals surface area contributed by atoms with E-state index in [2.05, 4.69) is 15.9 Å². The Labute approximate surface area is 177 Å². The van der Waals surface area contributed by atoms with Crippen LogP contribution in [-0.4, -0.2) is 39.4 Å². The lowest BCUT2D eigenvalue weighted by Crippen LogP contribution is -2.33. The van der Waals surface area contributed by atoms with E-state index in [1.54, 1.807) is 25.1 Å². The molecule has 1 fully saturated rings. The molecule has 0 radical (unpaired) electrons. The highest BCUT2D eigenvalue weighted by Crippen LogP contribution is 2.55. The van der Waals surface area contributed by atoms with Crippen LogP contribution in [0.1, 0.15) is 40.1 Å². The van der Waals surface area contributed by atoms with Crippen LogP contribution < -0.4 is 5.30 Å². The lowest BCUT2D eigenvalue weighted by molar-refractivity contribution is 0.0463. The Bertz CT molecular complexity index is 1050. The summed E-state index contributed by atoms with van der Waals surface area (Å²) in [5, 5.41) is 1.13. The summed E-state index contributed by atoms with van der Waals surface area (Å²) in [6.45, 7) is 5.95. The zero-order valence-corrected chi connectivity index (χ0v) is 19.3. The molecule has 0 N–H and O–H groups in total. The minimum Gasteiger partial charge on any atom is -0.465 e. The fourth-order valence-corrected chi connectivity index (χ4v) is 6.07. The summed E-state index contributed by atoms with van der Waals surface area (Å²) in [5.74, 6) is -1.44. The number of fused-ring (bicyclic) bond motifs is 1. The molecule has 0 saturated carbocycles. The first-order valence-corrected chi connectivity index (χ1v) is 11.2. The molecule has 2 aromatic carbocycles. The number of ether oxygens (including phenoxy) is 2. The van der Waals surface area contributed by atoms with Crippen LogP contribution >= 0.6 is 23.5 Å². The molecule has 0 atom stereocenters. The van der Waals surface area contributed by atoms with Gasteiger partial charge in [-0.2, -0.15) is 0 Å². The zero-order valence-electron chi connectivity index (χ0n) is 16.8. The molecule has 0 aliphatic carbocycles. The average molecular weight is 485 g/mol. The van der Waals surface area contributed by atoms with Crippen LogP contribution in [0.4, 0.5) is 0 Å². The van der Waals surface area contributed by atoms with Crippen LogP contribution in [0.2, 0.25) is 0 Å². The van der Waals surface area contributed by atoms with Crippen molar-refractivity contribution in [1.29, 1.82) is 0 Å². The second-order valence-corrected chi connectivity index (χ2v) is 10.5. The molecular weight excluding hydrogens is 463 g/mol. The Kier molecular flexibility index (Phi) is 5.94. The van der Waals surface area contributed by atoms with Gasteiger partial charge < -0.3 is 18.5 Å². The molecule has 0 bridgehead atoms. The van der Waals surface area contributed by atoms with E-state index in [0.29, 0.717) is 20.8 Å². The van der Waals surface area contributed by atoms with Gasteiger partial charge in [0.15, 0.2) is 0 Å².